The molecule has 0 spiro atoms. The van der Waals surface area contributed by atoms with Crippen molar-refractivity contribution in [3.63, 3.8) is 0 Å². The highest BCUT2D eigenvalue weighted by molar-refractivity contribution is 7.10. The molecule has 1 heterocycles. The Morgan fingerprint density at radius 2 is 1.96 bits per heavy atom. The molecule has 0 aliphatic rings. The van der Waals surface area contributed by atoms with Gasteiger partial charge in [0.25, 0.3) is 0 Å². The fraction of sp³-hybridized carbons (Fsp3) is 0.389. The average molecular weight is 403 g/mol. The van der Waals surface area contributed by atoms with E-state index in [1.807, 2.05) is 18.4 Å². The van der Waals surface area contributed by atoms with Crippen LogP contribution in [0.15, 0.2) is 40.7 Å². The molecule has 1 aromatic carbocycles. The van der Waals surface area contributed by atoms with Crippen LogP contribution in [-0.4, -0.2) is 24.2 Å². The Labute approximate surface area is 158 Å². The van der Waals surface area contributed by atoms with Crippen molar-refractivity contribution in [3.05, 3.63) is 57.5 Å². The van der Waals surface area contributed by atoms with E-state index in [9.17, 15) is 22.7 Å². The number of alkyl halides is 3. The lowest BCUT2D eigenvalue weighted by molar-refractivity contribution is -0.138. The number of benzene rings is 1. The van der Waals surface area contributed by atoms with E-state index in [1.54, 1.807) is 13.0 Å². The maximum atomic E-state index is 13.2. The van der Waals surface area contributed by atoms with Crippen molar-refractivity contribution in [2.24, 2.45) is 4.99 Å². The van der Waals surface area contributed by atoms with E-state index < -0.39 is 23.2 Å². The third-order valence-corrected chi connectivity index (χ3v) is 4.90. The minimum absolute atomic E-state index is 0.120. The highest BCUT2D eigenvalue weighted by Gasteiger charge is 2.33. The third-order valence-electron chi connectivity index (χ3n) is 3.78. The molecule has 0 fully saturated rings. The fourth-order valence-corrected chi connectivity index (χ4v) is 3.17. The van der Waals surface area contributed by atoms with Gasteiger partial charge in [0.05, 0.1) is 18.7 Å². The first-order chi connectivity index (χ1) is 12.6. The van der Waals surface area contributed by atoms with Crippen LogP contribution in [0.3, 0.4) is 0 Å². The largest absolute Gasteiger partial charge is 0.416 e. The van der Waals surface area contributed by atoms with Gasteiger partial charge in [-0.2, -0.15) is 13.2 Å². The van der Waals surface area contributed by atoms with Crippen molar-refractivity contribution in [2.75, 3.05) is 13.1 Å². The van der Waals surface area contributed by atoms with Gasteiger partial charge in [-0.15, -0.1) is 11.3 Å². The first-order valence-electron chi connectivity index (χ1n) is 8.27. The quantitative estimate of drug-likeness (QED) is 0.390. The molecule has 0 aliphatic carbocycles. The molecule has 9 heteroatoms. The summed E-state index contributed by atoms with van der Waals surface area (Å²) in [6.07, 6.45) is -4.67. The average Bonchev–Trinajstić information content (AvgIpc) is 3.13. The van der Waals surface area contributed by atoms with Crippen molar-refractivity contribution < 1.29 is 22.7 Å². The lowest BCUT2D eigenvalue weighted by Gasteiger charge is -2.23. The van der Waals surface area contributed by atoms with Crippen LogP contribution >= 0.6 is 11.3 Å². The SMILES string of the molecule is CCNC(=NCc1ccc(F)cc1C(F)(F)F)NCC(C)(O)c1cccs1. The second-order valence-electron chi connectivity index (χ2n) is 6.10. The van der Waals surface area contributed by atoms with Crippen molar-refractivity contribution >= 4 is 17.3 Å². The predicted octanol–water partition coefficient (Wildman–Crippen LogP) is 3.87. The summed E-state index contributed by atoms with van der Waals surface area (Å²) >= 11 is 1.40. The van der Waals surface area contributed by atoms with Crippen LogP contribution in [0, 0.1) is 5.82 Å². The van der Waals surface area contributed by atoms with Crippen LogP contribution in [0.1, 0.15) is 29.9 Å². The Morgan fingerprint density at radius 1 is 1.22 bits per heavy atom. The zero-order chi connectivity index (χ0) is 20.1. The molecule has 1 aromatic heterocycles. The van der Waals surface area contributed by atoms with Gasteiger partial charge in [-0.3, -0.25) is 0 Å². The number of rotatable bonds is 6. The molecular formula is C18H21F4N3OS. The molecule has 1 unspecified atom stereocenters. The molecule has 0 bridgehead atoms. The first kappa shape index (κ1) is 21.2. The normalized spacial score (nSPS) is 14.7. The Hall–Kier alpha value is -2.13. The lowest BCUT2D eigenvalue weighted by atomic mass is 10.1. The van der Waals surface area contributed by atoms with E-state index >= 15 is 0 Å². The van der Waals surface area contributed by atoms with E-state index in [1.165, 1.54) is 11.3 Å². The van der Waals surface area contributed by atoms with Crippen molar-refractivity contribution in [2.45, 2.75) is 32.2 Å². The number of guanidine groups is 1. The predicted molar refractivity (Wildman–Crippen MR) is 98.1 cm³/mol. The molecule has 148 valence electrons. The number of hydrogen-bond acceptors (Lipinski definition) is 3. The number of nitrogens with zero attached hydrogens (tertiary/aromatic N) is 1. The molecule has 0 aliphatic heterocycles. The zero-order valence-corrected chi connectivity index (χ0v) is 15.7. The van der Waals surface area contributed by atoms with Gasteiger partial charge in [-0.05, 0) is 43.0 Å². The summed E-state index contributed by atoms with van der Waals surface area (Å²) in [4.78, 5) is 4.89. The molecule has 0 radical (unpaired) electrons. The molecule has 0 saturated heterocycles. The number of nitrogens with one attached hydrogen (secondary N) is 2. The van der Waals surface area contributed by atoms with Crippen LogP contribution < -0.4 is 10.6 Å². The highest BCUT2D eigenvalue weighted by Crippen LogP contribution is 2.33. The van der Waals surface area contributed by atoms with Crippen molar-refractivity contribution in [3.8, 4) is 0 Å². The fourth-order valence-electron chi connectivity index (χ4n) is 2.38. The van der Waals surface area contributed by atoms with Gasteiger partial charge in [-0.1, -0.05) is 12.1 Å². The summed E-state index contributed by atoms with van der Waals surface area (Å²) in [6.45, 7) is 3.77. The maximum Gasteiger partial charge on any atom is 0.416 e. The summed E-state index contributed by atoms with van der Waals surface area (Å²) in [6, 6.07) is 6.13. The van der Waals surface area contributed by atoms with Crippen LogP contribution in [0.25, 0.3) is 0 Å². The van der Waals surface area contributed by atoms with E-state index in [-0.39, 0.29) is 24.6 Å². The van der Waals surface area contributed by atoms with Gasteiger partial charge >= 0.3 is 6.18 Å². The molecule has 3 N–H and O–H groups in total. The van der Waals surface area contributed by atoms with Crippen LogP contribution in [0.4, 0.5) is 17.6 Å². The number of halogens is 4. The monoisotopic (exact) mass is 403 g/mol. The van der Waals surface area contributed by atoms with Gasteiger partial charge in [-0.25, -0.2) is 9.38 Å². The topological polar surface area (TPSA) is 56.7 Å². The molecule has 0 amide bonds. The number of aliphatic hydroxyl groups is 1. The lowest BCUT2D eigenvalue weighted by Crippen LogP contribution is -2.44. The van der Waals surface area contributed by atoms with Gasteiger partial charge in [0.15, 0.2) is 5.96 Å². The summed E-state index contributed by atoms with van der Waals surface area (Å²) < 4.78 is 52.4. The maximum absolute atomic E-state index is 13.2. The Morgan fingerprint density at radius 3 is 2.56 bits per heavy atom. The molecule has 0 saturated carbocycles. The van der Waals surface area contributed by atoms with Gasteiger partial charge in [0.1, 0.15) is 11.4 Å². The molecule has 1 atom stereocenters. The third kappa shape index (κ3) is 5.93. The zero-order valence-electron chi connectivity index (χ0n) is 14.9. The van der Waals surface area contributed by atoms with Gasteiger partial charge in [0.2, 0.25) is 0 Å². The number of hydrogen-bond donors (Lipinski definition) is 3. The van der Waals surface area contributed by atoms with Crippen LogP contribution in [0.5, 0.6) is 0 Å². The summed E-state index contributed by atoms with van der Waals surface area (Å²) in [5.74, 6) is -0.695. The van der Waals surface area contributed by atoms with Crippen LogP contribution in [-0.2, 0) is 18.3 Å². The second kappa shape index (κ2) is 8.71. The molecule has 27 heavy (non-hydrogen) atoms. The van der Waals surface area contributed by atoms with Gasteiger partial charge in [0, 0.05) is 11.4 Å². The van der Waals surface area contributed by atoms with Crippen molar-refractivity contribution in [1.82, 2.24) is 10.6 Å². The number of aliphatic imine (C=N–C) groups is 1. The minimum atomic E-state index is -4.67. The van der Waals surface area contributed by atoms with Crippen molar-refractivity contribution in [1.29, 1.82) is 0 Å². The standard InChI is InChI=1S/C18H21F4N3OS/c1-3-23-16(25-11-17(2,26)15-5-4-8-27-15)24-10-12-6-7-13(19)9-14(12)18(20,21)22/h4-9,26H,3,10-11H2,1-2H3,(H2,23,24,25). The first-order valence-corrected chi connectivity index (χ1v) is 9.15. The molecule has 2 rings (SSSR count). The Balaban J connectivity index is 2.14. The summed E-state index contributed by atoms with van der Waals surface area (Å²) in [5.41, 5.74) is -2.34. The van der Waals surface area contributed by atoms with E-state index in [4.69, 9.17) is 0 Å². The highest BCUT2D eigenvalue weighted by atomic mass is 32.1. The minimum Gasteiger partial charge on any atom is -0.383 e. The Bertz CT molecular complexity index is 773. The molecular weight excluding hydrogens is 382 g/mol. The van der Waals surface area contributed by atoms with E-state index in [0.717, 1.165) is 17.0 Å². The number of thiophene rings is 1. The smallest absolute Gasteiger partial charge is 0.383 e. The van der Waals surface area contributed by atoms with E-state index in [0.29, 0.717) is 12.6 Å². The second-order valence-corrected chi connectivity index (χ2v) is 7.05. The van der Waals surface area contributed by atoms with Gasteiger partial charge < -0.3 is 15.7 Å². The molecule has 4 nitrogen and oxygen atoms in total. The summed E-state index contributed by atoms with van der Waals surface area (Å²) in [7, 11) is 0. The Kier molecular flexibility index (Phi) is 6.83. The molecule has 2 aromatic rings. The van der Waals surface area contributed by atoms with E-state index in [2.05, 4.69) is 15.6 Å². The van der Waals surface area contributed by atoms with Crippen LogP contribution in [0.2, 0.25) is 0 Å². The summed E-state index contributed by atoms with van der Waals surface area (Å²) in [5, 5.41) is 18.2.